The number of hydrogen-bond donors (Lipinski definition) is 2. The number of carboxylic acids is 1. The third-order valence-corrected chi connectivity index (χ3v) is 2.06. The van der Waals surface area contributed by atoms with E-state index in [1.54, 1.807) is 0 Å². The summed E-state index contributed by atoms with van der Waals surface area (Å²) in [5.41, 5.74) is 5.25. The van der Waals surface area contributed by atoms with Crippen LogP contribution < -0.4 is 5.73 Å². The van der Waals surface area contributed by atoms with Crippen LogP contribution in [0.3, 0.4) is 0 Å². The molecule has 3 N–H and O–H groups in total. The van der Waals surface area contributed by atoms with Gasteiger partial charge in [-0.2, -0.15) is 13.2 Å². The molecule has 1 saturated heterocycles. The average Bonchev–Trinajstić information content (AvgIpc) is 2.70. The SMILES string of the molecule is NCCC(=O)N1CCCC1.O=C(O)C(F)(F)F. The number of rotatable bonds is 2. The minimum absolute atomic E-state index is 0.222. The molecule has 1 fully saturated rings. The number of hydrogen-bond acceptors (Lipinski definition) is 3. The molecule has 0 atom stereocenters. The van der Waals surface area contributed by atoms with Crippen LogP contribution >= 0.6 is 0 Å². The second-order valence-electron chi connectivity index (χ2n) is 3.43. The number of likely N-dealkylation sites (tertiary alicyclic amines) is 1. The number of aliphatic carboxylic acids is 1. The smallest absolute Gasteiger partial charge is 0.475 e. The van der Waals surface area contributed by atoms with Gasteiger partial charge in [0.05, 0.1) is 0 Å². The van der Waals surface area contributed by atoms with Gasteiger partial charge in [0.25, 0.3) is 0 Å². The first-order valence-corrected chi connectivity index (χ1v) is 5.07. The highest BCUT2D eigenvalue weighted by molar-refractivity contribution is 5.76. The molecule has 1 aliphatic rings. The Morgan fingerprint density at radius 3 is 1.94 bits per heavy atom. The lowest BCUT2D eigenvalue weighted by Crippen LogP contribution is -2.29. The molecule has 0 spiro atoms. The van der Waals surface area contributed by atoms with E-state index in [0.717, 1.165) is 25.9 Å². The van der Waals surface area contributed by atoms with Crippen LogP contribution in [0.15, 0.2) is 0 Å². The molecule has 1 amide bonds. The molecule has 0 aromatic heterocycles. The van der Waals surface area contributed by atoms with Crippen molar-refractivity contribution in [3.05, 3.63) is 0 Å². The number of halogens is 3. The van der Waals surface area contributed by atoms with Crippen LogP contribution in [-0.2, 0) is 9.59 Å². The molecule has 0 aromatic rings. The summed E-state index contributed by atoms with van der Waals surface area (Å²) < 4.78 is 31.7. The fourth-order valence-corrected chi connectivity index (χ4v) is 1.25. The molecule has 1 rings (SSSR count). The van der Waals surface area contributed by atoms with Gasteiger partial charge in [0.1, 0.15) is 0 Å². The maximum Gasteiger partial charge on any atom is 0.490 e. The number of alkyl halides is 3. The molecule has 0 bridgehead atoms. The molecule has 1 aliphatic heterocycles. The van der Waals surface area contributed by atoms with Crippen molar-refractivity contribution in [1.29, 1.82) is 0 Å². The maximum absolute atomic E-state index is 11.1. The minimum atomic E-state index is -5.08. The highest BCUT2D eigenvalue weighted by Crippen LogP contribution is 2.13. The van der Waals surface area contributed by atoms with Crippen molar-refractivity contribution in [2.24, 2.45) is 5.73 Å². The van der Waals surface area contributed by atoms with Crippen molar-refractivity contribution in [2.75, 3.05) is 19.6 Å². The fraction of sp³-hybridized carbons (Fsp3) is 0.778. The maximum atomic E-state index is 11.1. The molecule has 1 heterocycles. The lowest BCUT2D eigenvalue weighted by molar-refractivity contribution is -0.192. The highest BCUT2D eigenvalue weighted by atomic mass is 19.4. The fourth-order valence-electron chi connectivity index (χ4n) is 1.25. The van der Waals surface area contributed by atoms with Gasteiger partial charge in [-0.25, -0.2) is 4.79 Å². The van der Waals surface area contributed by atoms with Crippen LogP contribution in [0, 0.1) is 0 Å². The van der Waals surface area contributed by atoms with Gasteiger partial charge in [-0.1, -0.05) is 0 Å². The molecule has 17 heavy (non-hydrogen) atoms. The van der Waals surface area contributed by atoms with Gasteiger partial charge in [-0.05, 0) is 12.8 Å². The lowest BCUT2D eigenvalue weighted by Gasteiger charge is -2.13. The van der Waals surface area contributed by atoms with Crippen LogP contribution in [0.5, 0.6) is 0 Å². The first-order valence-electron chi connectivity index (χ1n) is 5.07. The normalized spacial score (nSPS) is 15.2. The summed E-state index contributed by atoms with van der Waals surface area (Å²) in [7, 11) is 0. The van der Waals surface area contributed by atoms with Gasteiger partial charge < -0.3 is 15.7 Å². The molecule has 5 nitrogen and oxygen atoms in total. The van der Waals surface area contributed by atoms with Crippen molar-refractivity contribution in [1.82, 2.24) is 4.90 Å². The Bertz CT molecular complexity index is 263. The van der Waals surface area contributed by atoms with Crippen molar-refractivity contribution >= 4 is 11.9 Å². The van der Waals surface area contributed by atoms with E-state index in [1.165, 1.54) is 0 Å². The van der Waals surface area contributed by atoms with Crippen LogP contribution in [0.1, 0.15) is 19.3 Å². The Labute approximate surface area is 96.4 Å². The summed E-state index contributed by atoms with van der Waals surface area (Å²) >= 11 is 0. The molecular formula is C9H15F3N2O3. The first kappa shape index (κ1) is 15.7. The second kappa shape index (κ2) is 7.10. The quantitative estimate of drug-likeness (QED) is 0.757. The average molecular weight is 256 g/mol. The Hall–Kier alpha value is -1.31. The van der Waals surface area contributed by atoms with E-state index in [4.69, 9.17) is 15.6 Å². The molecular weight excluding hydrogens is 241 g/mol. The Morgan fingerprint density at radius 2 is 1.65 bits per heavy atom. The summed E-state index contributed by atoms with van der Waals surface area (Å²) in [6.07, 6.45) is -2.24. The van der Waals surface area contributed by atoms with E-state index in [0.29, 0.717) is 13.0 Å². The van der Waals surface area contributed by atoms with Gasteiger partial charge in [0.15, 0.2) is 0 Å². The molecule has 8 heteroatoms. The monoisotopic (exact) mass is 256 g/mol. The van der Waals surface area contributed by atoms with Crippen LogP contribution in [-0.4, -0.2) is 47.7 Å². The van der Waals surface area contributed by atoms with Crippen LogP contribution in [0.25, 0.3) is 0 Å². The summed E-state index contributed by atoms with van der Waals surface area (Å²) in [5, 5.41) is 7.12. The zero-order valence-electron chi connectivity index (χ0n) is 9.16. The topological polar surface area (TPSA) is 83.6 Å². The van der Waals surface area contributed by atoms with Crippen molar-refractivity contribution in [2.45, 2.75) is 25.4 Å². The second-order valence-corrected chi connectivity index (χ2v) is 3.43. The number of nitrogens with zero attached hydrogens (tertiary/aromatic N) is 1. The molecule has 0 saturated carbocycles. The third kappa shape index (κ3) is 6.77. The number of nitrogens with two attached hydrogens (primary N) is 1. The van der Waals surface area contributed by atoms with Gasteiger partial charge in [-0.15, -0.1) is 0 Å². The summed E-state index contributed by atoms with van der Waals surface area (Å²) in [4.78, 5) is 21.9. The van der Waals surface area contributed by atoms with E-state index >= 15 is 0 Å². The van der Waals surface area contributed by atoms with E-state index in [1.807, 2.05) is 4.90 Å². The number of carbonyl (C=O) groups is 2. The van der Waals surface area contributed by atoms with Crippen molar-refractivity contribution < 1.29 is 27.9 Å². The van der Waals surface area contributed by atoms with Gasteiger partial charge in [0.2, 0.25) is 5.91 Å². The standard InChI is InChI=1S/C7H14N2O.C2HF3O2/c8-4-3-7(10)9-5-1-2-6-9;3-2(4,5)1(6)7/h1-6,8H2;(H,6,7). The van der Waals surface area contributed by atoms with Gasteiger partial charge in [-0.3, -0.25) is 4.79 Å². The molecule has 0 unspecified atom stereocenters. The lowest BCUT2D eigenvalue weighted by atomic mass is 10.4. The molecule has 100 valence electrons. The third-order valence-electron chi connectivity index (χ3n) is 2.06. The van der Waals surface area contributed by atoms with Crippen LogP contribution in [0.2, 0.25) is 0 Å². The Morgan fingerprint density at radius 1 is 1.24 bits per heavy atom. The van der Waals surface area contributed by atoms with E-state index in [9.17, 15) is 18.0 Å². The minimum Gasteiger partial charge on any atom is -0.475 e. The van der Waals surface area contributed by atoms with E-state index < -0.39 is 12.1 Å². The Kier molecular flexibility index (Phi) is 6.55. The van der Waals surface area contributed by atoms with Crippen molar-refractivity contribution in [3.8, 4) is 0 Å². The molecule has 0 aliphatic carbocycles. The zero-order chi connectivity index (χ0) is 13.5. The summed E-state index contributed by atoms with van der Waals surface area (Å²) in [6, 6.07) is 0. The number of carboxylic acid groups (broad SMARTS) is 1. The summed E-state index contributed by atoms with van der Waals surface area (Å²) in [6.45, 7) is 2.37. The van der Waals surface area contributed by atoms with Crippen LogP contribution in [0.4, 0.5) is 13.2 Å². The predicted octanol–water partition coefficient (Wildman–Crippen LogP) is 0.591. The Balaban J connectivity index is 0.000000325. The van der Waals surface area contributed by atoms with Crippen molar-refractivity contribution in [3.63, 3.8) is 0 Å². The number of carbonyl (C=O) groups excluding carboxylic acids is 1. The number of amides is 1. The molecule has 0 aromatic carbocycles. The largest absolute Gasteiger partial charge is 0.490 e. The van der Waals surface area contributed by atoms with E-state index in [-0.39, 0.29) is 5.91 Å². The van der Waals surface area contributed by atoms with Gasteiger partial charge in [0, 0.05) is 26.1 Å². The predicted molar refractivity (Wildman–Crippen MR) is 53.2 cm³/mol. The van der Waals surface area contributed by atoms with Gasteiger partial charge >= 0.3 is 12.1 Å². The highest BCUT2D eigenvalue weighted by Gasteiger charge is 2.38. The zero-order valence-corrected chi connectivity index (χ0v) is 9.16. The summed E-state index contributed by atoms with van der Waals surface area (Å²) in [5.74, 6) is -2.53. The van der Waals surface area contributed by atoms with E-state index in [2.05, 4.69) is 0 Å². The first-order chi connectivity index (χ1) is 7.79. The molecule has 0 radical (unpaired) electrons.